The highest BCUT2D eigenvalue weighted by Gasteiger charge is 2.19. The minimum Gasteiger partial charge on any atom is -0.211 e. The van der Waals surface area contributed by atoms with Crippen molar-refractivity contribution in [1.29, 1.82) is 0 Å². The first-order valence-electron chi connectivity index (χ1n) is 5.79. The quantitative estimate of drug-likeness (QED) is 0.688. The Kier molecular flexibility index (Phi) is 6.79. The largest absolute Gasteiger partial charge is 0.241 e. The van der Waals surface area contributed by atoms with E-state index in [0.29, 0.717) is 16.9 Å². The van der Waals surface area contributed by atoms with Crippen molar-refractivity contribution < 1.29 is 8.42 Å². The van der Waals surface area contributed by atoms with Crippen molar-refractivity contribution in [2.75, 3.05) is 12.4 Å². The van der Waals surface area contributed by atoms with Crippen LogP contribution in [-0.2, 0) is 10.0 Å². The van der Waals surface area contributed by atoms with E-state index in [2.05, 4.69) is 36.6 Å². The first-order valence-corrected chi connectivity index (χ1v) is 9.39. The molecule has 1 atom stereocenters. The number of nitrogens with one attached hydrogen (secondary N) is 1. The summed E-state index contributed by atoms with van der Waals surface area (Å²) in [5.41, 5.74) is 0.973. The lowest BCUT2D eigenvalue weighted by Gasteiger charge is -2.13. The Balaban J connectivity index is 2.92. The molecule has 0 heterocycles. The second-order valence-corrected chi connectivity index (χ2v) is 8.29. The Morgan fingerprint density at radius 3 is 2.53 bits per heavy atom. The Bertz CT molecular complexity index is 549. The van der Waals surface area contributed by atoms with Crippen LogP contribution in [0.1, 0.15) is 18.9 Å². The molecule has 0 aliphatic carbocycles. The monoisotopic (exact) mass is 431 g/mol. The molecule has 1 N–H and O–H groups in total. The molecule has 0 aromatic heterocycles. The fourth-order valence-electron chi connectivity index (χ4n) is 1.45. The van der Waals surface area contributed by atoms with Crippen LogP contribution in [0.4, 0.5) is 0 Å². The highest BCUT2D eigenvalue weighted by atomic mass is 79.9. The van der Waals surface area contributed by atoms with Crippen LogP contribution in [0, 0.1) is 12.8 Å². The predicted molar refractivity (Wildman–Crippen MR) is 86.3 cm³/mol. The van der Waals surface area contributed by atoms with Crippen LogP contribution in [0.3, 0.4) is 0 Å². The lowest BCUT2D eigenvalue weighted by molar-refractivity contribution is 0.530. The summed E-state index contributed by atoms with van der Waals surface area (Å²) in [5, 5.41) is 0. The number of hydrogen-bond donors (Lipinski definition) is 1. The Morgan fingerprint density at radius 1 is 1.32 bits per heavy atom. The minimum atomic E-state index is -3.51. The van der Waals surface area contributed by atoms with E-state index in [1.54, 1.807) is 12.1 Å². The van der Waals surface area contributed by atoms with Gasteiger partial charge in [0.15, 0.2) is 0 Å². The molecule has 19 heavy (non-hydrogen) atoms. The maximum absolute atomic E-state index is 12.2. The van der Waals surface area contributed by atoms with E-state index < -0.39 is 10.0 Å². The summed E-state index contributed by atoms with van der Waals surface area (Å²) in [5.74, 6) is 0.739. The molecular formula is C12H16Br2ClNO2S. The number of alkyl halides is 1. The van der Waals surface area contributed by atoms with Crippen LogP contribution in [0.25, 0.3) is 0 Å². The van der Waals surface area contributed by atoms with Crippen LogP contribution in [0.2, 0.25) is 0 Å². The van der Waals surface area contributed by atoms with Gasteiger partial charge < -0.3 is 0 Å². The number of benzene rings is 1. The third-order valence-electron chi connectivity index (χ3n) is 2.73. The number of aryl methyl sites for hydroxylation is 1. The zero-order chi connectivity index (χ0) is 14.6. The van der Waals surface area contributed by atoms with Crippen molar-refractivity contribution in [1.82, 2.24) is 4.72 Å². The average Bonchev–Trinajstić information content (AvgIpc) is 2.31. The summed E-state index contributed by atoms with van der Waals surface area (Å²) in [4.78, 5) is 0.239. The summed E-state index contributed by atoms with van der Waals surface area (Å²) in [6.45, 7) is 4.25. The number of hydrogen-bond acceptors (Lipinski definition) is 2. The van der Waals surface area contributed by atoms with Gasteiger partial charge in [-0.1, -0.05) is 22.9 Å². The van der Waals surface area contributed by atoms with E-state index in [-0.39, 0.29) is 10.8 Å². The summed E-state index contributed by atoms with van der Waals surface area (Å²) in [6.07, 6.45) is 0.781. The first-order chi connectivity index (χ1) is 8.77. The van der Waals surface area contributed by atoms with Gasteiger partial charge in [0.2, 0.25) is 10.0 Å². The van der Waals surface area contributed by atoms with Gasteiger partial charge in [0, 0.05) is 21.4 Å². The zero-order valence-electron chi connectivity index (χ0n) is 10.7. The van der Waals surface area contributed by atoms with Crippen molar-refractivity contribution in [2.24, 2.45) is 5.92 Å². The summed E-state index contributed by atoms with van der Waals surface area (Å²) in [7, 11) is -3.51. The fourth-order valence-corrected chi connectivity index (χ4v) is 4.66. The standard InChI is InChI=1S/C12H16Br2ClNO2S/c1-8(3-4-15)7-16-19(17,18)12-6-10(13)9(2)5-11(12)14/h5-6,8,16H,3-4,7H2,1-2H3. The highest BCUT2D eigenvalue weighted by molar-refractivity contribution is 9.11. The molecule has 0 bridgehead atoms. The molecule has 3 nitrogen and oxygen atoms in total. The van der Waals surface area contributed by atoms with Crippen LogP contribution in [0.15, 0.2) is 26.0 Å². The summed E-state index contributed by atoms with van der Waals surface area (Å²) >= 11 is 12.3. The second-order valence-electron chi connectivity index (χ2n) is 4.47. The van der Waals surface area contributed by atoms with E-state index in [9.17, 15) is 8.42 Å². The number of sulfonamides is 1. The normalized spacial score (nSPS) is 13.5. The van der Waals surface area contributed by atoms with E-state index in [0.717, 1.165) is 16.5 Å². The lowest BCUT2D eigenvalue weighted by atomic mass is 10.1. The van der Waals surface area contributed by atoms with Gasteiger partial charge in [0.05, 0.1) is 4.90 Å². The van der Waals surface area contributed by atoms with Gasteiger partial charge >= 0.3 is 0 Å². The van der Waals surface area contributed by atoms with Gasteiger partial charge in [-0.2, -0.15) is 0 Å². The molecule has 0 fully saturated rings. The Hall–Kier alpha value is 0.380. The molecular weight excluding hydrogens is 417 g/mol. The third kappa shape index (κ3) is 5.01. The molecule has 108 valence electrons. The lowest BCUT2D eigenvalue weighted by Crippen LogP contribution is -2.29. The minimum absolute atomic E-state index is 0.208. The molecule has 1 aromatic carbocycles. The molecule has 0 spiro atoms. The van der Waals surface area contributed by atoms with Crippen LogP contribution in [0.5, 0.6) is 0 Å². The smallest absolute Gasteiger partial charge is 0.211 e. The van der Waals surface area contributed by atoms with Crippen LogP contribution in [-0.4, -0.2) is 20.8 Å². The molecule has 1 aromatic rings. The van der Waals surface area contributed by atoms with Gasteiger partial charge in [0.1, 0.15) is 0 Å². The molecule has 0 aliphatic rings. The van der Waals surface area contributed by atoms with Gasteiger partial charge in [0.25, 0.3) is 0 Å². The second kappa shape index (κ2) is 7.41. The molecule has 0 aliphatic heterocycles. The number of halogens is 3. The van der Waals surface area contributed by atoms with E-state index in [4.69, 9.17) is 11.6 Å². The maximum Gasteiger partial charge on any atom is 0.241 e. The van der Waals surface area contributed by atoms with Crippen molar-refractivity contribution in [3.8, 4) is 0 Å². The van der Waals surface area contributed by atoms with Gasteiger partial charge in [-0.25, -0.2) is 13.1 Å². The first kappa shape index (κ1) is 17.4. The summed E-state index contributed by atoms with van der Waals surface area (Å²) < 4.78 is 28.4. The molecule has 1 unspecified atom stereocenters. The van der Waals surface area contributed by atoms with Crippen molar-refractivity contribution in [2.45, 2.75) is 25.2 Å². The van der Waals surface area contributed by atoms with Crippen LogP contribution < -0.4 is 4.72 Å². The Labute approximate surface area is 136 Å². The van der Waals surface area contributed by atoms with Gasteiger partial charge in [-0.05, 0) is 52.9 Å². The van der Waals surface area contributed by atoms with Crippen molar-refractivity contribution in [3.63, 3.8) is 0 Å². The Morgan fingerprint density at radius 2 is 1.95 bits per heavy atom. The van der Waals surface area contributed by atoms with E-state index in [1.165, 1.54) is 0 Å². The summed E-state index contributed by atoms with van der Waals surface area (Å²) in [6, 6.07) is 3.38. The maximum atomic E-state index is 12.2. The predicted octanol–water partition coefficient (Wildman–Crippen LogP) is 4.06. The molecule has 0 radical (unpaired) electrons. The van der Waals surface area contributed by atoms with E-state index in [1.807, 2.05) is 13.8 Å². The molecule has 7 heteroatoms. The van der Waals surface area contributed by atoms with Gasteiger partial charge in [-0.3, -0.25) is 0 Å². The third-order valence-corrected chi connectivity index (χ3v) is 6.18. The van der Waals surface area contributed by atoms with Crippen molar-refractivity contribution >= 4 is 53.5 Å². The molecule has 1 rings (SSSR count). The topological polar surface area (TPSA) is 46.2 Å². The molecule has 0 saturated carbocycles. The average molecular weight is 434 g/mol. The van der Waals surface area contributed by atoms with Crippen LogP contribution >= 0.6 is 43.5 Å². The van der Waals surface area contributed by atoms with Crippen molar-refractivity contribution in [3.05, 3.63) is 26.6 Å². The molecule has 0 amide bonds. The number of rotatable bonds is 6. The fraction of sp³-hybridized carbons (Fsp3) is 0.500. The molecule has 0 saturated heterocycles. The SMILES string of the molecule is Cc1cc(Br)c(S(=O)(=O)NCC(C)CCCl)cc1Br. The van der Waals surface area contributed by atoms with E-state index >= 15 is 0 Å². The zero-order valence-corrected chi connectivity index (χ0v) is 15.5. The van der Waals surface area contributed by atoms with Gasteiger partial charge in [-0.15, -0.1) is 11.6 Å². The highest BCUT2D eigenvalue weighted by Crippen LogP contribution is 2.28.